The number of hydrogen-bond donors (Lipinski definition) is 1. The first-order chi connectivity index (χ1) is 14.5. The van der Waals surface area contributed by atoms with E-state index in [9.17, 15) is 13.8 Å². The normalized spacial score (nSPS) is 15.3. The van der Waals surface area contributed by atoms with E-state index in [1.807, 2.05) is 36.4 Å². The second-order valence-electron chi connectivity index (χ2n) is 7.24. The molecule has 1 atom stereocenters. The maximum Gasteiger partial charge on any atom is 0.314 e. The Balaban J connectivity index is 1.43. The van der Waals surface area contributed by atoms with Crippen LogP contribution < -0.4 is 5.73 Å². The van der Waals surface area contributed by atoms with Crippen molar-refractivity contribution in [3.05, 3.63) is 60.2 Å². The van der Waals surface area contributed by atoms with Gasteiger partial charge in [-0.25, -0.2) is 4.79 Å². The third-order valence-corrected chi connectivity index (χ3v) is 7.60. The summed E-state index contributed by atoms with van der Waals surface area (Å²) in [5.41, 5.74) is 7.32. The first-order valence-corrected chi connectivity index (χ1v) is 12.1. The van der Waals surface area contributed by atoms with Crippen LogP contribution in [0.3, 0.4) is 0 Å². The molecule has 0 radical (unpaired) electrons. The van der Waals surface area contributed by atoms with Gasteiger partial charge in [0.25, 0.3) is 0 Å². The van der Waals surface area contributed by atoms with Gasteiger partial charge in [0.1, 0.15) is 5.75 Å². The highest BCUT2D eigenvalue weighted by Crippen LogP contribution is 2.35. The van der Waals surface area contributed by atoms with Crippen LogP contribution in [0.25, 0.3) is 20.5 Å². The van der Waals surface area contributed by atoms with Crippen molar-refractivity contribution >= 4 is 44.2 Å². The highest BCUT2D eigenvalue weighted by molar-refractivity contribution is 7.84. The van der Waals surface area contributed by atoms with Gasteiger partial charge in [-0.3, -0.25) is 9.00 Å². The van der Waals surface area contributed by atoms with Crippen LogP contribution in [-0.4, -0.2) is 57.9 Å². The van der Waals surface area contributed by atoms with Gasteiger partial charge < -0.3 is 15.5 Å². The average molecular weight is 442 g/mol. The van der Waals surface area contributed by atoms with Crippen LogP contribution in [0.15, 0.2) is 54.6 Å². The van der Waals surface area contributed by atoms with Gasteiger partial charge in [-0.2, -0.15) is 0 Å². The fourth-order valence-electron chi connectivity index (χ4n) is 3.63. The van der Waals surface area contributed by atoms with Crippen LogP contribution in [0.4, 0.5) is 4.79 Å². The smallest absolute Gasteiger partial charge is 0.314 e. The van der Waals surface area contributed by atoms with E-state index in [-0.39, 0.29) is 11.7 Å². The van der Waals surface area contributed by atoms with Crippen molar-refractivity contribution in [1.82, 2.24) is 9.80 Å². The number of benzene rings is 2. The Labute approximate surface area is 181 Å². The van der Waals surface area contributed by atoms with Crippen molar-refractivity contribution in [3.63, 3.8) is 0 Å². The summed E-state index contributed by atoms with van der Waals surface area (Å²) < 4.78 is 14.0. The van der Waals surface area contributed by atoms with E-state index < -0.39 is 16.8 Å². The number of primary amides is 1. The summed E-state index contributed by atoms with van der Waals surface area (Å²) in [4.78, 5) is 28.1. The fraction of sp³-hybridized carbons (Fsp3) is 0.273. The molecule has 0 spiro atoms. The fourth-order valence-corrected chi connectivity index (χ4v) is 5.91. The molecule has 0 aliphatic carbocycles. The zero-order valence-electron chi connectivity index (χ0n) is 16.5. The van der Waals surface area contributed by atoms with Crippen molar-refractivity contribution in [2.45, 2.75) is 5.75 Å². The number of piperazine rings is 1. The van der Waals surface area contributed by atoms with Crippen LogP contribution in [0, 0.1) is 0 Å². The maximum absolute atomic E-state index is 12.8. The molecule has 2 heterocycles. The Morgan fingerprint density at radius 2 is 1.63 bits per heavy atom. The number of amides is 3. The SMILES string of the molecule is NC(=O)N1CCN(C(=O)CS(=O)Cc2ccccc2-c2cc3ccccc3s2)CC1. The standard InChI is InChI=1S/C22H23N3O3S2/c23-22(27)25-11-9-24(10-12-25)21(26)15-30(28)14-17-6-1-3-7-18(17)20-13-16-5-2-4-8-19(16)29-20/h1-8,13H,9-12,14-15H2,(H2,23,27). The van der Waals surface area contributed by atoms with Gasteiger partial charge >= 0.3 is 6.03 Å². The number of fused-ring (bicyclic) bond motifs is 1. The molecule has 1 aliphatic rings. The van der Waals surface area contributed by atoms with E-state index in [0.29, 0.717) is 31.9 Å². The van der Waals surface area contributed by atoms with E-state index in [4.69, 9.17) is 5.73 Å². The van der Waals surface area contributed by atoms with Gasteiger partial charge in [0, 0.05) is 52.3 Å². The van der Waals surface area contributed by atoms with Crippen LogP contribution in [-0.2, 0) is 21.3 Å². The number of nitrogens with two attached hydrogens (primary N) is 1. The summed E-state index contributed by atoms with van der Waals surface area (Å²) >= 11 is 1.71. The average Bonchev–Trinajstić information content (AvgIpc) is 3.18. The number of hydrogen-bond acceptors (Lipinski definition) is 4. The van der Waals surface area contributed by atoms with Gasteiger partial charge in [-0.15, -0.1) is 11.3 Å². The van der Waals surface area contributed by atoms with E-state index in [0.717, 1.165) is 16.0 Å². The number of carbonyl (C=O) groups excluding carboxylic acids is 2. The summed E-state index contributed by atoms with van der Waals surface area (Å²) in [6.07, 6.45) is 0. The van der Waals surface area contributed by atoms with Gasteiger partial charge in [0.15, 0.2) is 0 Å². The Morgan fingerprint density at radius 1 is 0.967 bits per heavy atom. The molecule has 1 saturated heterocycles. The van der Waals surface area contributed by atoms with Crippen molar-refractivity contribution < 1.29 is 13.8 Å². The van der Waals surface area contributed by atoms with Crippen LogP contribution in [0.2, 0.25) is 0 Å². The predicted molar refractivity (Wildman–Crippen MR) is 122 cm³/mol. The molecular formula is C22H23N3O3S2. The number of nitrogens with zero attached hydrogens (tertiary/aromatic N) is 2. The third-order valence-electron chi connectivity index (χ3n) is 5.25. The van der Waals surface area contributed by atoms with Crippen molar-refractivity contribution in [1.29, 1.82) is 0 Å². The second-order valence-corrected chi connectivity index (χ2v) is 9.78. The zero-order valence-corrected chi connectivity index (χ0v) is 18.1. The first kappa shape index (κ1) is 20.6. The molecule has 3 amide bonds. The van der Waals surface area contributed by atoms with Gasteiger partial charge in [-0.1, -0.05) is 42.5 Å². The molecule has 1 aliphatic heterocycles. The van der Waals surface area contributed by atoms with E-state index >= 15 is 0 Å². The summed E-state index contributed by atoms with van der Waals surface area (Å²) in [5, 5.41) is 1.19. The molecule has 0 bridgehead atoms. The molecule has 156 valence electrons. The van der Waals surface area contributed by atoms with Crippen LogP contribution in [0.1, 0.15) is 5.56 Å². The number of rotatable bonds is 5. The lowest BCUT2D eigenvalue weighted by Gasteiger charge is -2.33. The molecule has 1 aromatic heterocycles. The highest BCUT2D eigenvalue weighted by Gasteiger charge is 2.24. The maximum atomic E-state index is 12.8. The second kappa shape index (κ2) is 8.97. The lowest BCUT2D eigenvalue weighted by atomic mass is 10.1. The molecule has 2 aromatic carbocycles. The lowest BCUT2D eigenvalue weighted by Crippen LogP contribution is -2.52. The zero-order chi connectivity index (χ0) is 21.1. The molecule has 2 N–H and O–H groups in total. The number of urea groups is 1. The topological polar surface area (TPSA) is 83.7 Å². The molecule has 6 nitrogen and oxygen atoms in total. The molecular weight excluding hydrogens is 418 g/mol. The number of carbonyl (C=O) groups is 2. The quantitative estimate of drug-likeness (QED) is 0.661. The van der Waals surface area contributed by atoms with E-state index in [2.05, 4.69) is 18.2 Å². The first-order valence-electron chi connectivity index (χ1n) is 9.75. The Morgan fingerprint density at radius 3 is 2.37 bits per heavy atom. The van der Waals surface area contributed by atoms with Gasteiger partial charge in [0.05, 0.1) is 0 Å². The summed E-state index contributed by atoms with van der Waals surface area (Å²) in [7, 11) is -1.31. The summed E-state index contributed by atoms with van der Waals surface area (Å²) in [6.45, 7) is 1.69. The molecule has 1 unspecified atom stereocenters. The molecule has 4 rings (SSSR count). The molecule has 1 fully saturated rings. The van der Waals surface area contributed by atoms with Gasteiger partial charge in [0.2, 0.25) is 5.91 Å². The Bertz CT molecular complexity index is 1070. The van der Waals surface area contributed by atoms with Crippen molar-refractivity contribution in [3.8, 4) is 10.4 Å². The minimum absolute atomic E-state index is 0.0165. The van der Waals surface area contributed by atoms with E-state index in [1.165, 1.54) is 15.0 Å². The predicted octanol–water partition coefficient (Wildman–Crippen LogP) is 3.04. The monoisotopic (exact) mass is 441 g/mol. The molecule has 30 heavy (non-hydrogen) atoms. The van der Waals surface area contributed by atoms with E-state index in [1.54, 1.807) is 16.2 Å². The summed E-state index contributed by atoms with van der Waals surface area (Å²) in [6, 6.07) is 17.9. The van der Waals surface area contributed by atoms with Crippen molar-refractivity contribution in [2.75, 3.05) is 31.9 Å². The molecule has 8 heteroatoms. The molecule has 0 saturated carbocycles. The Hall–Kier alpha value is -2.71. The largest absolute Gasteiger partial charge is 0.351 e. The number of thiophene rings is 1. The summed E-state index contributed by atoms with van der Waals surface area (Å²) in [5.74, 6) is 0.172. The van der Waals surface area contributed by atoms with Crippen molar-refractivity contribution in [2.24, 2.45) is 5.73 Å². The third kappa shape index (κ3) is 4.55. The van der Waals surface area contributed by atoms with Gasteiger partial charge in [-0.05, 0) is 28.6 Å². The highest BCUT2D eigenvalue weighted by atomic mass is 32.2. The Kier molecular flexibility index (Phi) is 6.15. The van der Waals surface area contributed by atoms with Crippen LogP contribution >= 0.6 is 11.3 Å². The minimum atomic E-state index is -1.31. The lowest BCUT2D eigenvalue weighted by molar-refractivity contribution is -0.129. The molecule has 3 aromatic rings. The van der Waals surface area contributed by atoms with Crippen LogP contribution in [0.5, 0.6) is 0 Å². The minimum Gasteiger partial charge on any atom is -0.351 e.